The smallest absolute Gasteiger partial charge is 0.504 e. The first-order valence-corrected chi connectivity index (χ1v) is 8.94. The zero-order valence-electron chi connectivity index (χ0n) is 15.3. The third-order valence-electron chi connectivity index (χ3n) is 3.85. The molecule has 0 saturated carbocycles. The van der Waals surface area contributed by atoms with Crippen molar-refractivity contribution < 1.29 is 24.5 Å². The highest BCUT2D eigenvalue weighted by molar-refractivity contribution is 5.70. The largest absolute Gasteiger partial charge is 0.511 e. The molecule has 0 spiro atoms. The van der Waals surface area contributed by atoms with Crippen molar-refractivity contribution in [3.05, 3.63) is 16.7 Å². The van der Waals surface area contributed by atoms with E-state index in [-0.39, 0.29) is 11.5 Å². The normalized spacial score (nSPS) is 10.7. The molecule has 1 rings (SSSR count). The lowest BCUT2D eigenvalue weighted by atomic mass is 9.90. The van der Waals surface area contributed by atoms with Crippen LogP contribution in [-0.4, -0.2) is 23.0 Å². The first-order valence-electron chi connectivity index (χ1n) is 8.94. The molecule has 5 nitrogen and oxygen atoms in total. The second kappa shape index (κ2) is 10.1. The fraction of sp³-hybridized carbons (Fsp3) is 0.632. The first kappa shape index (κ1) is 20.1. The molecule has 0 unspecified atom stereocenters. The predicted octanol–water partition coefficient (Wildman–Crippen LogP) is 5.10. The molecule has 0 aliphatic rings. The Morgan fingerprint density at radius 2 is 1.38 bits per heavy atom. The van der Waals surface area contributed by atoms with Gasteiger partial charge in [0.25, 0.3) is 0 Å². The van der Waals surface area contributed by atoms with Crippen LogP contribution in [0.3, 0.4) is 0 Å². The number of carboxylic acid groups (broad SMARTS) is 1. The van der Waals surface area contributed by atoms with Crippen LogP contribution in [0.2, 0.25) is 0 Å². The molecule has 0 aliphatic carbocycles. The molecular formula is C19H30O5. The van der Waals surface area contributed by atoms with Gasteiger partial charge < -0.3 is 19.7 Å². The van der Waals surface area contributed by atoms with E-state index in [1.54, 1.807) is 0 Å². The fourth-order valence-corrected chi connectivity index (χ4v) is 2.97. The number of ether oxygens (including phenoxy) is 2. The van der Waals surface area contributed by atoms with E-state index >= 15 is 0 Å². The maximum Gasteiger partial charge on any atom is 0.511 e. The van der Waals surface area contributed by atoms with E-state index < -0.39 is 6.16 Å². The monoisotopic (exact) mass is 338 g/mol. The predicted molar refractivity (Wildman–Crippen MR) is 94.5 cm³/mol. The molecule has 1 aromatic rings. The molecule has 0 amide bonds. The van der Waals surface area contributed by atoms with Gasteiger partial charge in [0.2, 0.25) is 5.75 Å². The van der Waals surface area contributed by atoms with Crippen LogP contribution in [0.4, 0.5) is 4.79 Å². The summed E-state index contributed by atoms with van der Waals surface area (Å²) in [5.41, 5.74) is 2.86. The van der Waals surface area contributed by atoms with Gasteiger partial charge in [-0.15, -0.1) is 0 Å². The number of benzene rings is 1. The molecule has 0 saturated heterocycles. The van der Waals surface area contributed by atoms with Crippen LogP contribution >= 0.6 is 0 Å². The van der Waals surface area contributed by atoms with Crippen molar-refractivity contribution in [3.63, 3.8) is 0 Å². The molecule has 136 valence electrons. The lowest BCUT2D eigenvalue weighted by Crippen LogP contribution is -2.12. The van der Waals surface area contributed by atoms with E-state index in [1.807, 2.05) is 13.8 Å². The van der Waals surface area contributed by atoms with Gasteiger partial charge in [0.15, 0.2) is 11.5 Å². The van der Waals surface area contributed by atoms with Crippen molar-refractivity contribution in [2.75, 3.05) is 6.61 Å². The molecule has 0 atom stereocenters. The zero-order chi connectivity index (χ0) is 18.1. The van der Waals surface area contributed by atoms with Gasteiger partial charge in [-0.3, -0.25) is 0 Å². The van der Waals surface area contributed by atoms with Crippen molar-refractivity contribution in [1.29, 1.82) is 0 Å². The van der Waals surface area contributed by atoms with E-state index in [2.05, 4.69) is 13.8 Å². The van der Waals surface area contributed by atoms with Gasteiger partial charge in [0, 0.05) is 11.1 Å². The Balaban J connectivity index is 3.66. The molecule has 0 bridgehead atoms. The van der Waals surface area contributed by atoms with Crippen molar-refractivity contribution in [2.24, 2.45) is 0 Å². The van der Waals surface area contributed by atoms with E-state index in [4.69, 9.17) is 14.6 Å². The Morgan fingerprint density at radius 1 is 0.833 bits per heavy atom. The van der Waals surface area contributed by atoms with Gasteiger partial charge in [-0.25, -0.2) is 4.79 Å². The second-order valence-electron chi connectivity index (χ2n) is 5.91. The van der Waals surface area contributed by atoms with E-state index in [9.17, 15) is 9.90 Å². The summed E-state index contributed by atoms with van der Waals surface area (Å²) in [5, 5.41) is 19.7. The van der Waals surface area contributed by atoms with Crippen LogP contribution < -0.4 is 9.47 Å². The third kappa shape index (κ3) is 4.79. The van der Waals surface area contributed by atoms with Crippen LogP contribution in [0.25, 0.3) is 0 Å². The standard InChI is InChI=1S/C19H30O5/c1-5-9-13-14(10-6-2)16(20)18(24-19(21)22)17(23-12-8-4)15(13)11-7-3/h20H,5-12H2,1-4H3,(H,21,22). The van der Waals surface area contributed by atoms with Gasteiger partial charge >= 0.3 is 6.16 Å². The van der Waals surface area contributed by atoms with E-state index in [0.717, 1.165) is 55.2 Å². The average molecular weight is 338 g/mol. The summed E-state index contributed by atoms with van der Waals surface area (Å²) in [7, 11) is 0. The highest BCUT2D eigenvalue weighted by Gasteiger charge is 2.26. The Bertz CT molecular complexity index is 551. The van der Waals surface area contributed by atoms with Gasteiger partial charge in [0.05, 0.1) is 6.61 Å². The molecule has 0 aromatic heterocycles. The topological polar surface area (TPSA) is 76.0 Å². The van der Waals surface area contributed by atoms with Crippen molar-refractivity contribution in [2.45, 2.75) is 72.6 Å². The number of phenolic OH excluding ortho intramolecular Hbond substituents is 1. The van der Waals surface area contributed by atoms with Crippen LogP contribution in [0.15, 0.2) is 0 Å². The van der Waals surface area contributed by atoms with Gasteiger partial charge in [-0.2, -0.15) is 0 Å². The van der Waals surface area contributed by atoms with Crippen LogP contribution in [0, 0.1) is 0 Å². The molecule has 2 N–H and O–H groups in total. The molecule has 0 fully saturated rings. The van der Waals surface area contributed by atoms with Crippen LogP contribution in [0.5, 0.6) is 17.2 Å². The minimum atomic E-state index is -1.44. The number of carbonyl (C=O) groups is 1. The first-order chi connectivity index (χ1) is 11.5. The highest BCUT2D eigenvalue weighted by Crippen LogP contribution is 2.46. The summed E-state index contributed by atoms with van der Waals surface area (Å²) in [5.74, 6) is 0.248. The number of phenols is 1. The second-order valence-corrected chi connectivity index (χ2v) is 5.91. The lowest BCUT2D eigenvalue weighted by Gasteiger charge is -2.23. The van der Waals surface area contributed by atoms with Gasteiger partial charge in [-0.05, 0) is 31.2 Å². The Hall–Kier alpha value is -1.91. The summed E-state index contributed by atoms with van der Waals surface area (Å²) in [6.07, 6.45) is 4.33. The number of hydrogen-bond donors (Lipinski definition) is 2. The highest BCUT2D eigenvalue weighted by atomic mass is 16.7. The maximum atomic E-state index is 11.1. The molecule has 0 radical (unpaired) electrons. The Morgan fingerprint density at radius 3 is 1.88 bits per heavy atom. The quantitative estimate of drug-likeness (QED) is 0.459. The Kier molecular flexibility index (Phi) is 8.44. The molecule has 24 heavy (non-hydrogen) atoms. The summed E-state index contributed by atoms with van der Waals surface area (Å²) < 4.78 is 10.7. The van der Waals surface area contributed by atoms with E-state index in [0.29, 0.717) is 18.8 Å². The molecule has 0 heterocycles. The molecule has 0 aliphatic heterocycles. The third-order valence-corrected chi connectivity index (χ3v) is 3.85. The minimum absolute atomic E-state index is 0.0531. The fourth-order valence-electron chi connectivity index (χ4n) is 2.97. The van der Waals surface area contributed by atoms with Gasteiger partial charge in [-0.1, -0.05) is 47.0 Å². The summed E-state index contributed by atoms with van der Waals surface area (Å²) in [6, 6.07) is 0. The molecule has 1 aromatic carbocycles. The van der Waals surface area contributed by atoms with Crippen molar-refractivity contribution >= 4 is 6.16 Å². The molecule has 5 heteroatoms. The Labute approximate surface area is 144 Å². The maximum absolute atomic E-state index is 11.1. The van der Waals surface area contributed by atoms with Crippen molar-refractivity contribution in [3.8, 4) is 17.2 Å². The van der Waals surface area contributed by atoms with Gasteiger partial charge in [0.1, 0.15) is 0 Å². The van der Waals surface area contributed by atoms with Crippen molar-refractivity contribution in [1.82, 2.24) is 0 Å². The lowest BCUT2D eigenvalue weighted by molar-refractivity contribution is 0.140. The summed E-state index contributed by atoms with van der Waals surface area (Å²) >= 11 is 0. The number of aromatic hydroxyl groups is 1. The number of rotatable bonds is 10. The average Bonchev–Trinajstić information content (AvgIpc) is 2.54. The van der Waals surface area contributed by atoms with E-state index in [1.165, 1.54) is 0 Å². The van der Waals surface area contributed by atoms with Crippen LogP contribution in [0.1, 0.15) is 70.1 Å². The zero-order valence-corrected chi connectivity index (χ0v) is 15.3. The summed E-state index contributed by atoms with van der Waals surface area (Å²) in [4.78, 5) is 11.1. The molecular weight excluding hydrogens is 308 g/mol. The number of hydrogen-bond acceptors (Lipinski definition) is 4. The minimum Gasteiger partial charge on any atom is -0.504 e. The van der Waals surface area contributed by atoms with Crippen LogP contribution in [-0.2, 0) is 19.3 Å². The summed E-state index contributed by atoms with van der Waals surface area (Å²) in [6.45, 7) is 8.63. The SMILES string of the molecule is CCCOc1c(CCC)c(CCC)c(CCC)c(O)c1OC(=O)O.